The van der Waals surface area contributed by atoms with Gasteiger partial charge in [0.05, 0.1) is 16.0 Å². The largest absolute Gasteiger partial charge is 0.417 e. The van der Waals surface area contributed by atoms with Gasteiger partial charge >= 0.3 is 12.4 Å². The zero-order valence-electron chi connectivity index (χ0n) is 14.9. The van der Waals surface area contributed by atoms with E-state index in [0.717, 1.165) is 6.07 Å². The number of hydrogen-bond donors (Lipinski definition) is 1. The molecular formula is C20H13F6NO2S. The van der Waals surface area contributed by atoms with Gasteiger partial charge in [-0.25, -0.2) is 13.6 Å². The van der Waals surface area contributed by atoms with Gasteiger partial charge in [-0.1, -0.05) is 42.5 Å². The molecule has 0 spiro atoms. The van der Waals surface area contributed by atoms with Gasteiger partial charge in [-0.2, -0.15) is 26.3 Å². The van der Waals surface area contributed by atoms with Crippen molar-refractivity contribution in [2.45, 2.75) is 17.2 Å². The minimum absolute atomic E-state index is 0.0681. The maximum atomic E-state index is 13.3. The molecular weight excluding hydrogens is 432 g/mol. The number of alkyl halides is 6. The Labute approximate surface area is 167 Å². The molecule has 3 aromatic rings. The quantitative estimate of drug-likeness (QED) is 0.526. The van der Waals surface area contributed by atoms with Gasteiger partial charge in [-0.05, 0) is 46.5 Å². The number of primary sulfonamides is 1. The molecule has 0 amide bonds. The molecule has 0 saturated carbocycles. The highest BCUT2D eigenvalue weighted by Gasteiger charge is 2.43. The third-order valence-electron chi connectivity index (χ3n) is 4.36. The molecule has 0 aliphatic carbocycles. The molecule has 0 bridgehead atoms. The third-order valence-corrected chi connectivity index (χ3v) is 5.29. The zero-order valence-corrected chi connectivity index (χ0v) is 15.7. The molecule has 158 valence electrons. The molecule has 0 heterocycles. The Morgan fingerprint density at radius 1 is 0.633 bits per heavy atom. The van der Waals surface area contributed by atoms with E-state index in [0.29, 0.717) is 23.3 Å². The van der Waals surface area contributed by atoms with Crippen LogP contribution in [-0.4, -0.2) is 8.42 Å². The van der Waals surface area contributed by atoms with E-state index in [-0.39, 0.29) is 16.0 Å². The van der Waals surface area contributed by atoms with Crippen LogP contribution in [0.4, 0.5) is 26.3 Å². The molecule has 0 unspecified atom stereocenters. The monoisotopic (exact) mass is 445 g/mol. The van der Waals surface area contributed by atoms with E-state index in [9.17, 15) is 34.8 Å². The SMILES string of the molecule is NS(=O)(=O)c1ccc(-c2ccccc2-c2ccc(C(F)(F)F)c(C(F)(F)F)c2)cc1. The number of benzene rings is 3. The summed E-state index contributed by atoms with van der Waals surface area (Å²) in [6, 6.07) is 13.3. The first-order valence-corrected chi connectivity index (χ1v) is 9.84. The summed E-state index contributed by atoms with van der Waals surface area (Å²) in [6.45, 7) is 0. The van der Waals surface area contributed by atoms with Crippen LogP contribution in [0.1, 0.15) is 11.1 Å². The summed E-state index contributed by atoms with van der Waals surface area (Å²) >= 11 is 0. The second-order valence-electron chi connectivity index (χ2n) is 6.37. The smallest absolute Gasteiger partial charge is 0.225 e. The summed E-state index contributed by atoms with van der Waals surface area (Å²) in [6.07, 6.45) is -10.4. The van der Waals surface area contributed by atoms with Crippen molar-refractivity contribution in [2.75, 3.05) is 0 Å². The van der Waals surface area contributed by atoms with Crippen molar-refractivity contribution in [3.05, 3.63) is 77.9 Å². The summed E-state index contributed by atoms with van der Waals surface area (Å²) < 4.78 is 102. The van der Waals surface area contributed by atoms with E-state index in [1.165, 1.54) is 36.4 Å². The van der Waals surface area contributed by atoms with Crippen molar-refractivity contribution in [2.24, 2.45) is 5.14 Å². The van der Waals surface area contributed by atoms with Gasteiger partial charge in [0.1, 0.15) is 0 Å². The van der Waals surface area contributed by atoms with E-state index in [1.807, 2.05) is 0 Å². The van der Waals surface area contributed by atoms with Crippen LogP contribution in [0.2, 0.25) is 0 Å². The lowest BCUT2D eigenvalue weighted by Gasteiger charge is -2.18. The summed E-state index contributed by atoms with van der Waals surface area (Å²) in [5, 5.41) is 5.05. The van der Waals surface area contributed by atoms with Crippen LogP contribution in [0.25, 0.3) is 22.3 Å². The molecule has 0 aliphatic heterocycles. The van der Waals surface area contributed by atoms with Gasteiger partial charge < -0.3 is 0 Å². The Morgan fingerprint density at radius 3 is 1.57 bits per heavy atom. The summed E-state index contributed by atoms with van der Waals surface area (Å²) in [4.78, 5) is -0.155. The maximum Gasteiger partial charge on any atom is 0.417 e. The number of rotatable bonds is 3. The molecule has 0 radical (unpaired) electrons. The molecule has 3 rings (SSSR count). The van der Waals surface area contributed by atoms with Gasteiger partial charge in [-0.15, -0.1) is 0 Å². The molecule has 10 heteroatoms. The first-order chi connectivity index (χ1) is 13.8. The summed E-state index contributed by atoms with van der Waals surface area (Å²) in [7, 11) is -3.94. The lowest BCUT2D eigenvalue weighted by molar-refractivity contribution is -0.162. The second-order valence-corrected chi connectivity index (χ2v) is 7.93. The Morgan fingerprint density at radius 2 is 1.10 bits per heavy atom. The lowest BCUT2D eigenvalue weighted by Crippen LogP contribution is -2.16. The summed E-state index contributed by atoms with van der Waals surface area (Å²) in [5.74, 6) is 0. The van der Waals surface area contributed by atoms with E-state index in [2.05, 4.69) is 0 Å². The van der Waals surface area contributed by atoms with E-state index < -0.39 is 33.5 Å². The molecule has 30 heavy (non-hydrogen) atoms. The number of sulfonamides is 1. The second kappa shape index (κ2) is 7.44. The first-order valence-electron chi connectivity index (χ1n) is 8.29. The molecule has 3 nitrogen and oxygen atoms in total. The number of hydrogen-bond acceptors (Lipinski definition) is 2. The van der Waals surface area contributed by atoms with Gasteiger partial charge in [0.2, 0.25) is 10.0 Å². The molecule has 0 aromatic heterocycles. The van der Waals surface area contributed by atoms with Crippen molar-refractivity contribution >= 4 is 10.0 Å². The highest BCUT2D eigenvalue weighted by atomic mass is 32.2. The van der Waals surface area contributed by atoms with Gasteiger partial charge in [0.25, 0.3) is 0 Å². The third kappa shape index (κ3) is 4.49. The number of nitrogens with two attached hydrogens (primary N) is 1. The fraction of sp³-hybridized carbons (Fsp3) is 0.100. The molecule has 0 aliphatic rings. The Kier molecular flexibility index (Phi) is 5.42. The van der Waals surface area contributed by atoms with Crippen LogP contribution in [0, 0.1) is 0 Å². The van der Waals surface area contributed by atoms with Crippen LogP contribution in [0.5, 0.6) is 0 Å². The van der Waals surface area contributed by atoms with E-state index >= 15 is 0 Å². The van der Waals surface area contributed by atoms with E-state index in [1.54, 1.807) is 12.1 Å². The standard InChI is InChI=1S/C20H13F6NO2S/c21-19(22,23)17-10-7-13(11-18(17)20(24,25)26)16-4-2-1-3-15(16)12-5-8-14(9-6-12)30(27,28)29/h1-11H,(H2,27,28,29). The molecule has 0 fully saturated rings. The van der Waals surface area contributed by atoms with Crippen molar-refractivity contribution < 1.29 is 34.8 Å². The fourth-order valence-electron chi connectivity index (χ4n) is 3.00. The topological polar surface area (TPSA) is 60.2 Å². The van der Waals surface area contributed by atoms with Gasteiger partial charge in [0, 0.05) is 0 Å². The van der Waals surface area contributed by atoms with Crippen molar-refractivity contribution in [1.29, 1.82) is 0 Å². The van der Waals surface area contributed by atoms with Gasteiger partial charge in [-0.3, -0.25) is 0 Å². The summed E-state index contributed by atoms with van der Waals surface area (Å²) in [5.41, 5.74) is -2.51. The predicted molar refractivity (Wildman–Crippen MR) is 98.7 cm³/mol. The molecule has 2 N–H and O–H groups in total. The van der Waals surface area contributed by atoms with Crippen LogP contribution in [0.3, 0.4) is 0 Å². The maximum absolute atomic E-state index is 13.3. The minimum atomic E-state index is -5.20. The van der Waals surface area contributed by atoms with Crippen molar-refractivity contribution in [3.8, 4) is 22.3 Å². The Hall–Kier alpha value is -2.85. The Bertz CT molecular complexity index is 1180. The molecule has 0 saturated heterocycles. The van der Waals surface area contributed by atoms with Crippen LogP contribution >= 0.6 is 0 Å². The first kappa shape index (κ1) is 21.8. The van der Waals surface area contributed by atoms with E-state index in [4.69, 9.17) is 5.14 Å². The highest BCUT2D eigenvalue weighted by Crippen LogP contribution is 2.43. The van der Waals surface area contributed by atoms with Crippen molar-refractivity contribution in [1.82, 2.24) is 0 Å². The zero-order chi connectivity index (χ0) is 22.3. The van der Waals surface area contributed by atoms with Crippen LogP contribution < -0.4 is 5.14 Å². The van der Waals surface area contributed by atoms with Crippen molar-refractivity contribution in [3.63, 3.8) is 0 Å². The minimum Gasteiger partial charge on any atom is -0.225 e. The lowest BCUT2D eigenvalue weighted by atomic mass is 9.92. The highest BCUT2D eigenvalue weighted by molar-refractivity contribution is 7.89. The molecule has 3 aromatic carbocycles. The predicted octanol–water partition coefficient (Wildman–Crippen LogP) is 5.71. The van der Waals surface area contributed by atoms with Crippen LogP contribution in [-0.2, 0) is 22.4 Å². The molecule has 0 atom stereocenters. The average molecular weight is 445 g/mol. The average Bonchev–Trinajstić information content (AvgIpc) is 2.65. The fourth-order valence-corrected chi connectivity index (χ4v) is 3.52. The van der Waals surface area contributed by atoms with Gasteiger partial charge in [0.15, 0.2) is 0 Å². The number of halogens is 6. The Balaban J connectivity index is 2.17. The van der Waals surface area contributed by atoms with Crippen LogP contribution in [0.15, 0.2) is 71.6 Å². The normalized spacial score (nSPS) is 12.8.